The minimum atomic E-state index is -0.383. The van der Waals surface area contributed by atoms with Gasteiger partial charge in [-0.2, -0.15) is 0 Å². The molecule has 4 rings (SSSR count). The normalized spacial score (nSPS) is 13.5. The smallest absolute Gasteiger partial charge is 1.00 e. The van der Waals surface area contributed by atoms with Crippen LogP contribution in [-0.2, 0) is 29.1 Å². The first-order valence-electron chi connectivity index (χ1n) is 12.9. The average molecular weight is 648 g/mol. The number of ether oxygens (including phenoxy) is 2. The summed E-state index contributed by atoms with van der Waals surface area (Å²) in [5, 5.41) is 0. The molecule has 0 bridgehead atoms. The zero-order chi connectivity index (χ0) is 23.4. The van der Waals surface area contributed by atoms with Gasteiger partial charge < -0.3 is 43.4 Å². The van der Waals surface area contributed by atoms with Crippen molar-refractivity contribution < 1.29 is 63.1 Å². The first-order valence-corrected chi connectivity index (χ1v) is 14.3. The molecule has 0 radical (unpaired) electrons. The Balaban J connectivity index is 0.000000793. The number of anilines is 2. The number of benzene rings is 2. The first kappa shape index (κ1) is 34.6. The van der Waals surface area contributed by atoms with Gasteiger partial charge in [0.05, 0.1) is 0 Å². The summed E-state index contributed by atoms with van der Waals surface area (Å²) in [6.07, 6.45) is 10.1. The zero-order valence-corrected chi connectivity index (χ0v) is 26.4. The maximum atomic E-state index is 4.94. The minimum Gasteiger partial charge on any atom is -1.00 e. The van der Waals surface area contributed by atoms with Gasteiger partial charge in [0.25, 0.3) is 0 Å². The largest absolute Gasteiger partial charge is 1.00 e. The minimum absolute atomic E-state index is 0. The van der Waals surface area contributed by atoms with E-state index in [0.717, 1.165) is 39.5 Å². The fourth-order valence-corrected chi connectivity index (χ4v) is 5.58. The van der Waals surface area contributed by atoms with Crippen molar-refractivity contribution in [3.63, 3.8) is 0 Å². The molecule has 0 saturated carbocycles. The molecule has 196 valence electrons. The second kappa shape index (κ2) is 24.0. The summed E-state index contributed by atoms with van der Waals surface area (Å²) in [6, 6.07) is 21.8. The van der Waals surface area contributed by atoms with Crippen molar-refractivity contribution in [3.05, 3.63) is 60.7 Å². The van der Waals surface area contributed by atoms with Crippen LogP contribution in [0.5, 0.6) is 0 Å². The molecule has 0 aliphatic carbocycles. The molecule has 0 N–H and O–H groups in total. The molecule has 4 nitrogen and oxygen atoms in total. The molecule has 2 aromatic carbocycles. The molecule has 2 aliphatic heterocycles. The maximum Gasteiger partial charge on any atom is -1.00 e. The molecule has 0 unspecified atom stereocenters. The van der Waals surface area contributed by atoms with Crippen LogP contribution in [0.3, 0.4) is 0 Å². The Hall–Kier alpha value is -0.366. The van der Waals surface area contributed by atoms with E-state index in [2.05, 4.69) is 81.3 Å². The van der Waals surface area contributed by atoms with Crippen molar-refractivity contribution in [2.24, 2.45) is 0 Å². The topological polar surface area (TPSA) is 24.9 Å². The number of para-hydroxylation sites is 2. The van der Waals surface area contributed by atoms with Crippen molar-refractivity contribution >= 4 is 11.4 Å². The summed E-state index contributed by atoms with van der Waals surface area (Å²) in [5.74, 6) is 0. The quantitative estimate of drug-likeness (QED) is 0.361. The van der Waals surface area contributed by atoms with E-state index < -0.39 is 0 Å². The van der Waals surface area contributed by atoms with Crippen LogP contribution in [0.15, 0.2) is 60.7 Å². The number of nitrogens with zero attached hydrogens (tertiary/aromatic N) is 2. The van der Waals surface area contributed by atoms with Gasteiger partial charge in [-0.05, 0) is 25.7 Å². The Kier molecular flexibility index (Phi) is 23.7. The molecule has 7 heteroatoms. The predicted octanol–water partition coefficient (Wildman–Crippen LogP) is 1.11. The van der Waals surface area contributed by atoms with Gasteiger partial charge in [-0.3, -0.25) is 0 Å². The van der Waals surface area contributed by atoms with Gasteiger partial charge in [-0.1, -0.05) is 0 Å². The van der Waals surface area contributed by atoms with Crippen molar-refractivity contribution in [1.82, 2.24) is 0 Å². The molecule has 2 aromatic rings. The van der Waals surface area contributed by atoms with Crippen LogP contribution >= 0.6 is 0 Å². The van der Waals surface area contributed by atoms with Crippen molar-refractivity contribution in [2.45, 2.75) is 65.2 Å². The van der Waals surface area contributed by atoms with Crippen molar-refractivity contribution in [1.29, 1.82) is 0 Å². The molecule has 0 aromatic heterocycles. The second-order valence-corrected chi connectivity index (χ2v) is 10.4. The van der Waals surface area contributed by atoms with Crippen LogP contribution in [0.4, 0.5) is 11.4 Å². The standard InChI is InChI=1S/2C10H14N.2C4H8O.2BrH.Ti/c2*1-2-3-9-11-10-7-5-4-6-8-10;2*1-2-4-5-3-1;;;/h2*4-8H,2-3,9H2,1H3;2*1-4H2;2*1H;/q2*-1;;;;;+4/p-2. The molecule has 35 heavy (non-hydrogen) atoms. The monoisotopic (exact) mass is 646 g/mol. The van der Waals surface area contributed by atoms with Gasteiger partial charge in [0, 0.05) is 26.4 Å². The van der Waals surface area contributed by atoms with Crippen LogP contribution in [0.2, 0.25) is 0 Å². The third-order valence-electron chi connectivity index (χ3n) is 5.50. The summed E-state index contributed by atoms with van der Waals surface area (Å²) >= 11 is -0.383. The fourth-order valence-electron chi connectivity index (χ4n) is 3.49. The number of hydrogen-bond acceptors (Lipinski definition) is 4. The van der Waals surface area contributed by atoms with Gasteiger partial charge in [0.2, 0.25) is 0 Å². The van der Waals surface area contributed by atoms with E-state index in [-0.39, 0.29) is 53.6 Å². The Morgan fingerprint density at radius 1 is 0.600 bits per heavy atom. The van der Waals surface area contributed by atoms with Gasteiger partial charge in [0.15, 0.2) is 0 Å². The Labute approximate surface area is 245 Å². The van der Waals surface area contributed by atoms with Gasteiger partial charge >= 0.3 is 151 Å². The molecule has 2 aliphatic rings. The summed E-state index contributed by atoms with van der Waals surface area (Å²) in [5.41, 5.74) is 2.75. The third kappa shape index (κ3) is 16.2. The van der Waals surface area contributed by atoms with Gasteiger partial charge in [0.1, 0.15) is 0 Å². The van der Waals surface area contributed by atoms with Crippen LogP contribution in [0.25, 0.3) is 0 Å². The number of rotatable bonds is 10. The van der Waals surface area contributed by atoms with E-state index in [4.69, 9.17) is 9.47 Å². The molecular weight excluding hydrogens is 604 g/mol. The predicted molar refractivity (Wildman–Crippen MR) is 137 cm³/mol. The van der Waals surface area contributed by atoms with Crippen LogP contribution in [0.1, 0.15) is 65.2 Å². The molecule has 2 fully saturated rings. The van der Waals surface area contributed by atoms with Crippen molar-refractivity contribution in [2.75, 3.05) is 46.3 Å². The van der Waals surface area contributed by atoms with E-state index >= 15 is 0 Å². The molecule has 0 spiro atoms. The Morgan fingerprint density at radius 2 is 0.943 bits per heavy atom. The Morgan fingerprint density at radius 3 is 1.20 bits per heavy atom. The molecule has 0 atom stereocenters. The van der Waals surface area contributed by atoms with E-state index in [0.29, 0.717) is 0 Å². The van der Waals surface area contributed by atoms with Crippen LogP contribution in [0, 0.1) is 0 Å². The number of halogens is 2. The van der Waals surface area contributed by atoms with Gasteiger partial charge in [-0.15, -0.1) is 0 Å². The third-order valence-corrected chi connectivity index (χ3v) is 7.76. The van der Waals surface area contributed by atoms with E-state index in [9.17, 15) is 0 Å². The summed E-state index contributed by atoms with van der Waals surface area (Å²) in [4.78, 5) is 0. The van der Waals surface area contributed by atoms with Crippen LogP contribution in [-0.4, -0.2) is 39.5 Å². The molecule has 2 heterocycles. The first-order chi connectivity index (χ1) is 16.3. The maximum absolute atomic E-state index is 4.94. The zero-order valence-electron chi connectivity index (χ0n) is 21.6. The Bertz CT molecular complexity index is 615. The fraction of sp³-hybridized carbons (Fsp3) is 0.571. The van der Waals surface area contributed by atoms with Crippen LogP contribution < -0.4 is 40.7 Å². The average Bonchev–Trinajstić information content (AvgIpc) is 3.64. The number of unbranched alkanes of at least 4 members (excludes halogenated alkanes) is 2. The summed E-state index contributed by atoms with van der Waals surface area (Å²) < 4.78 is 15.2. The van der Waals surface area contributed by atoms with E-state index in [1.807, 2.05) is 0 Å². The molecule has 0 amide bonds. The molecule has 2 saturated heterocycles. The molecular formula is C28H44Br2N2O2Ti. The SMILES string of the molecule is C1CCOC1.C1CCOC1.CCCC[N]([Ti+2][N](CCCC)c1ccccc1)c1ccccc1.[Br-].[Br-]. The number of hydrogen-bond donors (Lipinski definition) is 0. The van der Waals surface area contributed by atoms with E-state index in [1.54, 1.807) is 0 Å². The second-order valence-electron chi connectivity index (χ2n) is 8.42. The van der Waals surface area contributed by atoms with E-state index in [1.165, 1.54) is 62.7 Å². The van der Waals surface area contributed by atoms with Gasteiger partial charge in [-0.25, -0.2) is 0 Å². The van der Waals surface area contributed by atoms with Crippen molar-refractivity contribution in [3.8, 4) is 0 Å². The summed E-state index contributed by atoms with van der Waals surface area (Å²) in [7, 11) is 0. The summed E-state index contributed by atoms with van der Waals surface area (Å²) in [6.45, 7) is 10.9.